The van der Waals surface area contributed by atoms with Gasteiger partial charge < -0.3 is 15.0 Å². The topological polar surface area (TPSA) is 36.9 Å². The molecule has 0 spiro atoms. The molecule has 1 aliphatic rings. The van der Waals surface area contributed by atoms with Gasteiger partial charge in [-0.1, -0.05) is 29.8 Å². The largest absolute Gasteiger partial charge is 0.376 e. The van der Waals surface area contributed by atoms with E-state index in [-0.39, 0.29) is 6.10 Å². The van der Waals surface area contributed by atoms with E-state index in [1.165, 1.54) is 0 Å². The lowest BCUT2D eigenvalue weighted by Crippen LogP contribution is -2.39. The zero-order chi connectivity index (χ0) is 15.1. The quantitative estimate of drug-likeness (QED) is 0.671. The number of halogens is 1. The Labute approximate surface area is 132 Å². The highest BCUT2D eigenvalue weighted by atomic mass is 35.5. The summed E-state index contributed by atoms with van der Waals surface area (Å²) in [4.78, 5) is 6.78. The van der Waals surface area contributed by atoms with Crippen molar-refractivity contribution in [2.24, 2.45) is 4.99 Å². The van der Waals surface area contributed by atoms with Crippen LogP contribution >= 0.6 is 11.6 Å². The molecule has 1 saturated heterocycles. The third kappa shape index (κ3) is 4.90. The van der Waals surface area contributed by atoms with Crippen LogP contribution in [-0.2, 0) is 11.3 Å². The molecule has 0 bridgehead atoms. The van der Waals surface area contributed by atoms with Gasteiger partial charge in [0.2, 0.25) is 0 Å². The van der Waals surface area contributed by atoms with Crippen LogP contribution in [0.3, 0.4) is 0 Å². The Kier molecular flexibility index (Phi) is 6.33. The predicted octanol–water partition coefficient (Wildman–Crippen LogP) is 2.92. The van der Waals surface area contributed by atoms with Gasteiger partial charge in [0.05, 0.1) is 12.6 Å². The molecule has 116 valence electrons. The van der Waals surface area contributed by atoms with Crippen molar-refractivity contribution in [3.8, 4) is 0 Å². The Bertz CT molecular complexity index is 472. The van der Waals surface area contributed by atoms with E-state index in [4.69, 9.17) is 16.3 Å². The van der Waals surface area contributed by atoms with E-state index in [1.54, 1.807) is 0 Å². The van der Waals surface area contributed by atoms with Crippen molar-refractivity contribution in [1.29, 1.82) is 0 Å². The van der Waals surface area contributed by atoms with E-state index in [0.717, 1.165) is 55.6 Å². The molecule has 1 N–H and O–H groups in total. The first kappa shape index (κ1) is 16.1. The molecule has 2 rings (SSSR count). The second kappa shape index (κ2) is 8.25. The van der Waals surface area contributed by atoms with Crippen LogP contribution in [0.2, 0.25) is 5.02 Å². The van der Waals surface area contributed by atoms with Gasteiger partial charge in [0.25, 0.3) is 0 Å². The van der Waals surface area contributed by atoms with E-state index >= 15 is 0 Å². The van der Waals surface area contributed by atoms with Crippen molar-refractivity contribution in [3.05, 3.63) is 34.9 Å². The van der Waals surface area contributed by atoms with Crippen LogP contribution in [0.1, 0.15) is 25.3 Å². The monoisotopic (exact) mass is 309 g/mol. The molecule has 1 atom stereocenters. The van der Waals surface area contributed by atoms with Crippen LogP contribution in [0.15, 0.2) is 29.3 Å². The Morgan fingerprint density at radius 1 is 1.48 bits per heavy atom. The van der Waals surface area contributed by atoms with Gasteiger partial charge in [-0.05, 0) is 31.4 Å². The first-order valence-electron chi connectivity index (χ1n) is 7.55. The summed E-state index contributed by atoms with van der Waals surface area (Å²) in [5.41, 5.74) is 1.10. The summed E-state index contributed by atoms with van der Waals surface area (Å²) < 4.78 is 5.62. The zero-order valence-corrected chi connectivity index (χ0v) is 13.6. The van der Waals surface area contributed by atoms with Crippen LogP contribution < -0.4 is 5.32 Å². The first-order chi connectivity index (χ1) is 10.2. The van der Waals surface area contributed by atoms with Crippen molar-refractivity contribution >= 4 is 17.6 Å². The molecule has 0 amide bonds. The van der Waals surface area contributed by atoms with Gasteiger partial charge in [-0.3, -0.25) is 4.99 Å². The number of aliphatic imine (C=N–C) groups is 1. The molecule has 1 aliphatic heterocycles. The van der Waals surface area contributed by atoms with Crippen LogP contribution in [0.25, 0.3) is 0 Å². The second-order valence-electron chi connectivity index (χ2n) is 5.28. The van der Waals surface area contributed by atoms with E-state index < -0.39 is 0 Å². The smallest absolute Gasteiger partial charge is 0.194 e. The first-order valence-corrected chi connectivity index (χ1v) is 7.93. The van der Waals surface area contributed by atoms with Crippen LogP contribution in [0.4, 0.5) is 0 Å². The number of nitrogens with zero attached hydrogens (tertiary/aromatic N) is 2. The molecule has 21 heavy (non-hydrogen) atoms. The van der Waals surface area contributed by atoms with E-state index in [1.807, 2.05) is 31.3 Å². The van der Waals surface area contributed by atoms with Crippen LogP contribution in [-0.4, -0.2) is 43.7 Å². The molecule has 5 heteroatoms. The minimum absolute atomic E-state index is 0.271. The Hall–Kier alpha value is -1.26. The molecule has 0 radical (unpaired) electrons. The fourth-order valence-electron chi connectivity index (χ4n) is 2.40. The van der Waals surface area contributed by atoms with Crippen molar-refractivity contribution in [2.75, 3.05) is 26.7 Å². The number of hydrogen-bond acceptors (Lipinski definition) is 2. The number of ether oxygens (including phenoxy) is 1. The zero-order valence-electron chi connectivity index (χ0n) is 12.8. The molecule has 4 nitrogen and oxygen atoms in total. The summed E-state index contributed by atoms with van der Waals surface area (Å²) in [6, 6.07) is 7.91. The number of hydrogen-bond donors (Lipinski definition) is 1. The predicted molar refractivity (Wildman–Crippen MR) is 87.9 cm³/mol. The summed E-state index contributed by atoms with van der Waals surface area (Å²) >= 11 is 6.22. The molecule has 1 fully saturated rings. The number of rotatable bonds is 5. The Morgan fingerprint density at radius 2 is 2.29 bits per heavy atom. The summed E-state index contributed by atoms with van der Waals surface area (Å²) in [7, 11) is 2.03. The minimum atomic E-state index is 0.271. The molecule has 0 saturated carbocycles. The SMILES string of the molecule is CCNC(=NCC1CCCO1)N(C)Cc1ccccc1Cl. The van der Waals surface area contributed by atoms with Crippen molar-refractivity contribution in [2.45, 2.75) is 32.4 Å². The van der Waals surface area contributed by atoms with Gasteiger partial charge in [0, 0.05) is 31.8 Å². The summed E-state index contributed by atoms with van der Waals surface area (Å²) in [6.45, 7) is 5.24. The normalized spacial score (nSPS) is 18.8. The third-order valence-electron chi connectivity index (χ3n) is 3.53. The summed E-state index contributed by atoms with van der Waals surface area (Å²) in [5.74, 6) is 0.896. The van der Waals surface area contributed by atoms with E-state index in [2.05, 4.69) is 22.1 Å². The lowest BCUT2D eigenvalue weighted by atomic mass is 10.2. The number of nitrogens with one attached hydrogen (secondary N) is 1. The molecular weight excluding hydrogens is 286 g/mol. The lowest BCUT2D eigenvalue weighted by Gasteiger charge is -2.23. The van der Waals surface area contributed by atoms with Crippen molar-refractivity contribution in [1.82, 2.24) is 10.2 Å². The van der Waals surface area contributed by atoms with Crippen molar-refractivity contribution < 1.29 is 4.74 Å². The fourth-order valence-corrected chi connectivity index (χ4v) is 2.60. The van der Waals surface area contributed by atoms with E-state index in [9.17, 15) is 0 Å². The maximum atomic E-state index is 6.22. The summed E-state index contributed by atoms with van der Waals surface area (Å²) in [5, 5.41) is 4.11. The van der Waals surface area contributed by atoms with Crippen LogP contribution in [0, 0.1) is 0 Å². The van der Waals surface area contributed by atoms with Crippen molar-refractivity contribution in [3.63, 3.8) is 0 Å². The summed E-state index contributed by atoms with van der Waals surface area (Å²) in [6.07, 6.45) is 2.52. The standard InChI is InChI=1S/C16H24ClN3O/c1-3-18-16(19-11-14-8-6-10-21-14)20(2)12-13-7-4-5-9-15(13)17/h4-5,7,9,14H,3,6,8,10-12H2,1-2H3,(H,18,19). The number of benzene rings is 1. The molecule has 1 heterocycles. The third-order valence-corrected chi connectivity index (χ3v) is 3.90. The molecular formula is C16H24ClN3O. The minimum Gasteiger partial charge on any atom is -0.376 e. The molecule has 1 aromatic carbocycles. The Balaban J connectivity index is 1.99. The van der Waals surface area contributed by atoms with Gasteiger partial charge in [0.1, 0.15) is 0 Å². The average Bonchev–Trinajstić information content (AvgIpc) is 2.99. The van der Waals surface area contributed by atoms with E-state index in [0.29, 0.717) is 0 Å². The van der Waals surface area contributed by atoms with Crippen LogP contribution in [0.5, 0.6) is 0 Å². The molecule has 0 aliphatic carbocycles. The van der Waals surface area contributed by atoms with Gasteiger partial charge in [0.15, 0.2) is 5.96 Å². The number of guanidine groups is 1. The average molecular weight is 310 g/mol. The molecule has 1 aromatic rings. The highest BCUT2D eigenvalue weighted by Crippen LogP contribution is 2.17. The fraction of sp³-hybridized carbons (Fsp3) is 0.562. The van der Waals surface area contributed by atoms with Gasteiger partial charge in [-0.15, -0.1) is 0 Å². The highest BCUT2D eigenvalue weighted by molar-refractivity contribution is 6.31. The molecule has 1 unspecified atom stereocenters. The van der Waals surface area contributed by atoms with Gasteiger partial charge in [-0.25, -0.2) is 0 Å². The van der Waals surface area contributed by atoms with Gasteiger partial charge in [-0.2, -0.15) is 0 Å². The maximum Gasteiger partial charge on any atom is 0.194 e. The second-order valence-corrected chi connectivity index (χ2v) is 5.68. The maximum absolute atomic E-state index is 6.22. The molecule has 0 aromatic heterocycles. The highest BCUT2D eigenvalue weighted by Gasteiger charge is 2.16. The lowest BCUT2D eigenvalue weighted by molar-refractivity contribution is 0.117. The van der Waals surface area contributed by atoms with Gasteiger partial charge >= 0.3 is 0 Å². The Morgan fingerprint density at radius 3 is 2.95 bits per heavy atom.